The molecule has 0 aliphatic heterocycles. The van der Waals surface area contributed by atoms with Gasteiger partial charge in [0.05, 0.1) is 9.88 Å². The fraction of sp³-hybridized carbons (Fsp3) is 0.429. The van der Waals surface area contributed by atoms with E-state index in [0.29, 0.717) is 24.2 Å². The van der Waals surface area contributed by atoms with E-state index in [9.17, 15) is 13.6 Å². The fourth-order valence-corrected chi connectivity index (χ4v) is 4.27. The Kier molecular flexibility index (Phi) is 6.13. The molecule has 28 heavy (non-hydrogen) atoms. The van der Waals surface area contributed by atoms with Crippen molar-refractivity contribution in [3.05, 3.63) is 51.0 Å². The highest BCUT2D eigenvalue weighted by atomic mass is 32.1. The van der Waals surface area contributed by atoms with Crippen LogP contribution in [-0.4, -0.2) is 28.6 Å². The maximum atomic E-state index is 14.0. The van der Waals surface area contributed by atoms with E-state index in [1.807, 2.05) is 26.0 Å². The third-order valence-electron chi connectivity index (χ3n) is 4.83. The summed E-state index contributed by atoms with van der Waals surface area (Å²) in [5, 5.41) is 9.71. The molecule has 0 bridgehead atoms. The molecular weight excluding hydrogens is 384 g/mol. The van der Waals surface area contributed by atoms with E-state index in [1.165, 1.54) is 11.3 Å². The number of alkyl halides is 2. The number of rotatable bonds is 7. The molecule has 0 saturated carbocycles. The van der Waals surface area contributed by atoms with Gasteiger partial charge in [0.2, 0.25) is 0 Å². The van der Waals surface area contributed by atoms with Crippen LogP contribution in [0, 0.1) is 13.8 Å². The topological polar surface area (TPSA) is 59.4 Å². The molecule has 2 aromatic rings. The number of nitrogens with zero attached hydrogens (tertiary/aromatic N) is 1. The summed E-state index contributed by atoms with van der Waals surface area (Å²) in [5.74, 6) is -2.92. The Balaban J connectivity index is 1.76. The zero-order chi connectivity index (χ0) is 20.3. The summed E-state index contributed by atoms with van der Waals surface area (Å²) in [7, 11) is 0. The Morgan fingerprint density at radius 1 is 1.36 bits per heavy atom. The molecule has 3 rings (SSSR count). The smallest absolute Gasteiger partial charge is 0.303 e. The lowest BCUT2D eigenvalue weighted by Crippen LogP contribution is -2.24. The number of aromatic nitrogens is 1. The highest BCUT2D eigenvalue weighted by Gasteiger charge is 2.36. The van der Waals surface area contributed by atoms with Crippen LogP contribution in [0.2, 0.25) is 0 Å². The number of aliphatic carboxylic acids is 1. The third-order valence-corrected chi connectivity index (χ3v) is 5.80. The summed E-state index contributed by atoms with van der Waals surface area (Å²) in [6, 6.07) is 5.49. The SMILES string of the molecule is Cc1ncc(C2=C(COc3ccc(CCC(=O)O)cc3C)CC(F)(F)CC2)s1. The summed E-state index contributed by atoms with van der Waals surface area (Å²) in [4.78, 5) is 15.9. The first-order valence-electron chi connectivity index (χ1n) is 9.19. The predicted octanol–water partition coefficient (Wildman–Crippen LogP) is 5.43. The molecule has 7 heteroatoms. The molecule has 0 radical (unpaired) electrons. The number of allylic oxidation sites excluding steroid dienone is 1. The molecule has 1 aromatic heterocycles. The molecule has 1 N–H and O–H groups in total. The van der Waals surface area contributed by atoms with Crippen LogP contribution in [0.1, 0.15) is 46.7 Å². The Bertz CT molecular complexity index is 905. The van der Waals surface area contributed by atoms with Gasteiger partial charge < -0.3 is 9.84 Å². The molecule has 0 saturated heterocycles. The number of hydrogen-bond donors (Lipinski definition) is 1. The molecule has 0 amide bonds. The molecule has 0 unspecified atom stereocenters. The van der Waals surface area contributed by atoms with E-state index in [-0.39, 0.29) is 25.9 Å². The second-order valence-electron chi connectivity index (χ2n) is 7.14. The Morgan fingerprint density at radius 3 is 2.79 bits per heavy atom. The molecule has 0 spiro atoms. The number of carboxylic acids is 1. The van der Waals surface area contributed by atoms with Crippen molar-refractivity contribution in [2.24, 2.45) is 0 Å². The lowest BCUT2D eigenvalue weighted by Gasteiger charge is -2.27. The van der Waals surface area contributed by atoms with Crippen molar-refractivity contribution < 1.29 is 23.4 Å². The number of halogens is 2. The molecule has 0 atom stereocenters. The van der Waals surface area contributed by atoms with Gasteiger partial charge in [0.25, 0.3) is 5.92 Å². The summed E-state index contributed by atoms with van der Waals surface area (Å²) < 4.78 is 33.9. The van der Waals surface area contributed by atoms with Crippen LogP contribution in [0.25, 0.3) is 5.57 Å². The van der Waals surface area contributed by atoms with Crippen molar-refractivity contribution in [1.82, 2.24) is 4.98 Å². The van der Waals surface area contributed by atoms with Crippen LogP contribution in [-0.2, 0) is 11.2 Å². The number of benzene rings is 1. The van der Waals surface area contributed by atoms with Crippen molar-refractivity contribution in [2.45, 2.75) is 51.9 Å². The van der Waals surface area contributed by atoms with Gasteiger partial charge in [-0.15, -0.1) is 11.3 Å². The van der Waals surface area contributed by atoms with Gasteiger partial charge in [0.1, 0.15) is 12.4 Å². The molecule has 1 heterocycles. The van der Waals surface area contributed by atoms with Gasteiger partial charge in [-0.1, -0.05) is 12.1 Å². The van der Waals surface area contributed by atoms with Crippen LogP contribution in [0.4, 0.5) is 8.78 Å². The summed E-state index contributed by atoms with van der Waals surface area (Å²) in [6.45, 7) is 3.88. The van der Waals surface area contributed by atoms with E-state index in [0.717, 1.165) is 26.6 Å². The first-order chi connectivity index (χ1) is 13.2. The number of hydrogen-bond acceptors (Lipinski definition) is 4. The van der Waals surface area contributed by atoms with Gasteiger partial charge in [-0.2, -0.15) is 0 Å². The number of ether oxygens (including phenoxy) is 1. The maximum Gasteiger partial charge on any atom is 0.303 e. The zero-order valence-corrected chi connectivity index (χ0v) is 16.7. The average molecular weight is 407 g/mol. The summed E-state index contributed by atoms with van der Waals surface area (Å²) >= 11 is 1.52. The Hall–Kier alpha value is -2.28. The Morgan fingerprint density at radius 2 is 2.14 bits per heavy atom. The lowest BCUT2D eigenvalue weighted by atomic mass is 9.89. The first-order valence-corrected chi connectivity index (χ1v) is 10.0. The predicted molar refractivity (Wildman–Crippen MR) is 105 cm³/mol. The largest absolute Gasteiger partial charge is 0.489 e. The Labute approximate surface area is 166 Å². The molecule has 150 valence electrons. The van der Waals surface area contributed by atoms with Crippen LogP contribution < -0.4 is 4.74 Å². The molecule has 4 nitrogen and oxygen atoms in total. The minimum absolute atomic E-state index is 0.0687. The first kappa shape index (κ1) is 20.5. The normalized spacial score (nSPS) is 16.3. The summed E-state index contributed by atoms with van der Waals surface area (Å²) in [5.41, 5.74) is 3.32. The van der Waals surface area contributed by atoms with Gasteiger partial charge in [-0.25, -0.2) is 13.8 Å². The number of carboxylic acid groups (broad SMARTS) is 1. The molecule has 1 aliphatic rings. The highest BCUT2D eigenvalue weighted by molar-refractivity contribution is 7.12. The molecule has 1 aromatic carbocycles. The molecule has 1 aliphatic carbocycles. The van der Waals surface area contributed by atoms with Gasteiger partial charge in [0, 0.05) is 25.5 Å². The van der Waals surface area contributed by atoms with Crippen LogP contribution in [0.3, 0.4) is 0 Å². The second kappa shape index (κ2) is 8.39. The number of thiazole rings is 1. The van der Waals surface area contributed by atoms with Gasteiger partial charge in [-0.05, 0) is 55.0 Å². The quantitative estimate of drug-likeness (QED) is 0.665. The second-order valence-corrected chi connectivity index (χ2v) is 8.38. The van der Waals surface area contributed by atoms with Crippen molar-refractivity contribution >= 4 is 22.9 Å². The molecular formula is C21H23F2NO3S. The van der Waals surface area contributed by atoms with Crippen molar-refractivity contribution in [3.8, 4) is 5.75 Å². The average Bonchev–Trinajstić information content (AvgIpc) is 3.04. The van der Waals surface area contributed by atoms with E-state index in [2.05, 4.69) is 4.98 Å². The van der Waals surface area contributed by atoms with Crippen LogP contribution in [0.5, 0.6) is 5.75 Å². The van der Waals surface area contributed by atoms with Crippen molar-refractivity contribution in [3.63, 3.8) is 0 Å². The summed E-state index contributed by atoms with van der Waals surface area (Å²) in [6.07, 6.45) is 2.14. The van der Waals surface area contributed by atoms with E-state index in [1.54, 1.807) is 12.3 Å². The van der Waals surface area contributed by atoms with Gasteiger partial charge in [-0.3, -0.25) is 4.79 Å². The molecule has 0 fully saturated rings. The van der Waals surface area contributed by atoms with E-state index < -0.39 is 11.9 Å². The minimum atomic E-state index is -2.71. The van der Waals surface area contributed by atoms with Crippen LogP contribution >= 0.6 is 11.3 Å². The zero-order valence-electron chi connectivity index (χ0n) is 15.9. The standard InChI is InChI=1S/C21H23F2NO3S/c1-13-9-15(4-6-20(25)26)3-5-18(13)27-12-16-10-21(22,23)8-7-17(16)19-11-24-14(2)28-19/h3,5,9,11H,4,6-8,10,12H2,1-2H3,(H,25,26). The van der Waals surface area contributed by atoms with E-state index >= 15 is 0 Å². The number of aryl methyl sites for hydroxylation is 3. The van der Waals surface area contributed by atoms with Crippen molar-refractivity contribution in [2.75, 3.05) is 6.61 Å². The van der Waals surface area contributed by atoms with Gasteiger partial charge >= 0.3 is 5.97 Å². The third kappa shape index (κ3) is 5.16. The van der Waals surface area contributed by atoms with Gasteiger partial charge in [0.15, 0.2) is 0 Å². The van der Waals surface area contributed by atoms with Crippen molar-refractivity contribution in [1.29, 1.82) is 0 Å². The monoisotopic (exact) mass is 407 g/mol. The lowest BCUT2D eigenvalue weighted by molar-refractivity contribution is -0.136. The highest BCUT2D eigenvalue weighted by Crippen LogP contribution is 2.42. The minimum Gasteiger partial charge on any atom is -0.489 e. The van der Waals surface area contributed by atoms with Crippen LogP contribution in [0.15, 0.2) is 30.0 Å². The van der Waals surface area contributed by atoms with E-state index in [4.69, 9.17) is 9.84 Å². The maximum absolute atomic E-state index is 14.0. The fourth-order valence-electron chi connectivity index (χ4n) is 3.37. The number of carbonyl (C=O) groups is 1.